The van der Waals surface area contributed by atoms with E-state index in [1.807, 2.05) is 53.3 Å². The van der Waals surface area contributed by atoms with E-state index >= 15 is 0 Å². The highest BCUT2D eigenvalue weighted by Crippen LogP contribution is 2.12. The van der Waals surface area contributed by atoms with E-state index in [2.05, 4.69) is 33.0 Å². The van der Waals surface area contributed by atoms with Crippen LogP contribution in [-0.2, 0) is 17.9 Å². The third-order valence-corrected chi connectivity index (χ3v) is 4.04. The van der Waals surface area contributed by atoms with Crippen LogP contribution in [0.3, 0.4) is 0 Å². The Hall–Kier alpha value is -2.35. The molecule has 0 atom stereocenters. The minimum atomic E-state index is -0.157. The van der Waals surface area contributed by atoms with Crippen molar-refractivity contribution in [3.63, 3.8) is 0 Å². The molecule has 0 radical (unpaired) electrons. The number of carbonyl (C=O) groups excluding carboxylic acids is 1. The van der Waals surface area contributed by atoms with Crippen LogP contribution in [0, 0.1) is 3.77 Å². The number of carbonyl (C=O) groups is 1. The molecule has 1 amide bonds. The Labute approximate surface area is 153 Å². The summed E-state index contributed by atoms with van der Waals surface area (Å²) >= 11 is 2.09. The number of nitrogens with one attached hydrogen (secondary N) is 1. The standard InChI is InChI=1S/C18H16IN3O2/c19-17-8-6-16(24-17)7-9-18(23)20-12-14-4-1-2-5-15(14)13-22-11-3-10-21-22/h1-11H,12-13H2,(H,20,23)/b9-7+. The number of furan rings is 1. The maximum Gasteiger partial charge on any atom is 0.244 e. The predicted octanol–water partition coefficient (Wildman–Crippen LogP) is 3.46. The van der Waals surface area contributed by atoms with Gasteiger partial charge in [-0.1, -0.05) is 24.3 Å². The number of amides is 1. The molecule has 0 unspecified atom stereocenters. The van der Waals surface area contributed by atoms with E-state index in [9.17, 15) is 4.79 Å². The Kier molecular flexibility index (Phi) is 5.47. The van der Waals surface area contributed by atoms with Crippen molar-refractivity contribution in [1.82, 2.24) is 15.1 Å². The van der Waals surface area contributed by atoms with Crippen LogP contribution in [0.15, 0.2) is 65.4 Å². The van der Waals surface area contributed by atoms with E-state index in [-0.39, 0.29) is 5.91 Å². The number of benzene rings is 1. The van der Waals surface area contributed by atoms with Crippen molar-refractivity contribution >= 4 is 34.6 Å². The zero-order valence-electron chi connectivity index (χ0n) is 12.9. The first-order chi connectivity index (χ1) is 11.7. The molecule has 0 aliphatic rings. The molecule has 0 saturated carbocycles. The lowest BCUT2D eigenvalue weighted by molar-refractivity contribution is -0.116. The molecule has 2 heterocycles. The van der Waals surface area contributed by atoms with Crippen molar-refractivity contribution in [3.8, 4) is 0 Å². The third-order valence-electron chi connectivity index (χ3n) is 3.46. The molecular formula is C18H16IN3O2. The van der Waals surface area contributed by atoms with Gasteiger partial charge in [-0.3, -0.25) is 9.48 Å². The Morgan fingerprint density at radius 2 is 2.04 bits per heavy atom. The molecule has 1 N–H and O–H groups in total. The van der Waals surface area contributed by atoms with Gasteiger partial charge >= 0.3 is 0 Å². The number of aromatic nitrogens is 2. The summed E-state index contributed by atoms with van der Waals surface area (Å²) in [6.45, 7) is 1.15. The van der Waals surface area contributed by atoms with Gasteiger partial charge < -0.3 is 9.73 Å². The topological polar surface area (TPSA) is 60.1 Å². The maximum absolute atomic E-state index is 12.0. The molecule has 1 aromatic carbocycles. The molecule has 6 heteroatoms. The first-order valence-corrected chi connectivity index (χ1v) is 8.54. The second kappa shape index (κ2) is 7.96. The average molecular weight is 433 g/mol. The third kappa shape index (κ3) is 4.58. The fraction of sp³-hybridized carbons (Fsp3) is 0.111. The van der Waals surface area contributed by atoms with E-state index in [1.165, 1.54) is 6.08 Å². The van der Waals surface area contributed by atoms with Gasteiger partial charge in [0.2, 0.25) is 5.91 Å². The van der Waals surface area contributed by atoms with Gasteiger partial charge in [-0.2, -0.15) is 5.10 Å². The summed E-state index contributed by atoms with van der Waals surface area (Å²) in [4.78, 5) is 12.0. The largest absolute Gasteiger partial charge is 0.451 e. The van der Waals surface area contributed by atoms with Gasteiger partial charge in [0.05, 0.1) is 6.54 Å². The van der Waals surface area contributed by atoms with Crippen molar-refractivity contribution in [3.05, 3.63) is 81.6 Å². The second-order valence-corrected chi connectivity index (χ2v) is 6.23. The second-order valence-electron chi connectivity index (χ2n) is 5.17. The zero-order chi connectivity index (χ0) is 16.8. The van der Waals surface area contributed by atoms with Gasteiger partial charge in [-0.05, 0) is 58.0 Å². The highest BCUT2D eigenvalue weighted by molar-refractivity contribution is 14.1. The SMILES string of the molecule is O=C(/C=C/c1ccc(I)o1)NCc1ccccc1Cn1cccn1. The molecular weight excluding hydrogens is 417 g/mol. The summed E-state index contributed by atoms with van der Waals surface area (Å²) in [6.07, 6.45) is 6.81. The van der Waals surface area contributed by atoms with E-state index in [0.717, 1.165) is 14.9 Å². The van der Waals surface area contributed by atoms with E-state index < -0.39 is 0 Å². The lowest BCUT2D eigenvalue weighted by atomic mass is 10.1. The highest BCUT2D eigenvalue weighted by atomic mass is 127. The first-order valence-electron chi connectivity index (χ1n) is 7.46. The Bertz CT molecular complexity index is 838. The monoisotopic (exact) mass is 433 g/mol. The minimum Gasteiger partial charge on any atom is -0.451 e. The Balaban J connectivity index is 1.60. The van der Waals surface area contributed by atoms with Crippen LogP contribution >= 0.6 is 22.6 Å². The van der Waals surface area contributed by atoms with E-state index in [1.54, 1.807) is 12.3 Å². The van der Waals surface area contributed by atoms with Crippen molar-refractivity contribution in [2.45, 2.75) is 13.1 Å². The van der Waals surface area contributed by atoms with Crippen LogP contribution in [0.4, 0.5) is 0 Å². The number of rotatable bonds is 6. The molecule has 5 nitrogen and oxygen atoms in total. The molecule has 2 aromatic heterocycles. The highest BCUT2D eigenvalue weighted by Gasteiger charge is 2.04. The molecule has 24 heavy (non-hydrogen) atoms. The molecule has 0 saturated heterocycles. The summed E-state index contributed by atoms with van der Waals surface area (Å²) in [6, 6.07) is 13.6. The van der Waals surface area contributed by atoms with Crippen molar-refractivity contribution in [2.75, 3.05) is 0 Å². The quantitative estimate of drug-likeness (QED) is 0.479. The van der Waals surface area contributed by atoms with Gasteiger partial charge in [0.25, 0.3) is 0 Å². The van der Waals surface area contributed by atoms with Gasteiger partial charge in [-0.25, -0.2) is 0 Å². The lowest BCUT2D eigenvalue weighted by Crippen LogP contribution is -2.21. The van der Waals surface area contributed by atoms with E-state index in [4.69, 9.17) is 4.42 Å². The van der Waals surface area contributed by atoms with Crippen LogP contribution in [0.2, 0.25) is 0 Å². The minimum absolute atomic E-state index is 0.157. The maximum atomic E-state index is 12.0. The smallest absolute Gasteiger partial charge is 0.244 e. The predicted molar refractivity (Wildman–Crippen MR) is 100 cm³/mol. The van der Waals surface area contributed by atoms with Crippen LogP contribution in [-0.4, -0.2) is 15.7 Å². The fourth-order valence-corrected chi connectivity index (χ4v) is 2.70. The van der Waals surface area contributed by atoms with Crippen molar-refractivity contribution in [2.24, 2.45) is 0 Å². The molecule has 0 aliphatic heterocycles. The summed E-state index contributed by atoms with van der Waals surface area (Å²) in [5, 5.41) is 7.12. The first kappa shape index (κ1) is 16.5. The molecule has 0 bridgehead atoms. The van der Waals surface area contributed by atoms with Crippen LogP contribution in [0.25, 0.3) is 6.08 Å². The number of hydrogen-bond donors (Lipinski definition) is 1. The van der Waals surface area contributed by atoms with Gasteiger partial charge in [0.1, 0.15) is 5.76 Å². The van der Waals surface area contributed by atoms with Crippen LogP contribution < -0.4 is 5.32 Å². The molecule has 0 spiro atoms. The van der Waals surface area contributed by atoms with Gasteiger partial charge in [-0.15, -0.1) is 0 Å². The van der Waals surface area contributed by atoms with Crippen molar-refractivity contribution in [1.29, 1.82) is 0 Å². The Morgan fingerprint density at radius 1 is 1.21 bits per heavy atom. The normalized spacial score (nSPS) is 11.0. The summed E-state index contributed by atoms with van der Waals surface area (Å²) < 4.78 is 8.04. The van der Waals surface area contributed by atoms with Crippen LogP contribution in [0.1, 0.15) is 16.9 Å². The fourth-order valence-electron chi connectivity index (χ4n) is 2.27. The average Bonchev–Trinajstić information content (AvgIpc) is 3.24. The van der Waals surface area contributed by atoms with Crippen LogP contribution in [0.5, 0.6) is 0 Å². The number of hydrogen-bond acceptors (Lipinski definition) is 3. The number of nitrogens with zero attached hydrogens (tertiary/aromatic N) is 2. The van der Waals surface area contributed by atoms with Crippen molar-refractivity contribution < 1.29 is 9.21 Å². The summed E-state index contributed by atoms with van der Waals surface area (Å²) in [7, 11) is 0. The number of halogens is 1. The molecule has 3 aromatic rings. The lowest BCUT2D eigenvalue weighted by Gasteiger charge is -2.10. The van der Waals surface area contributed by atoms with Gasteiger partial charge in [0.15, 0.2) is 3.77 Å². The molecule has 3 rings (SSSR count). The van der Waals surface area contributed by atoms with Gasteiger partial charge in [0, 0.05) is 25.0 Å². The molecule has 122 valence electrons. The summed E-state index contributed by atoms with van der Waals surface area (Å²) in [5.41, 5.74) is 2.20. The molecule has 0 fully saturated rings. The molecule has 0 aliphatic carbocycles. The zero-order valence-corrected chi connectivity index (χ0v) is 15.0. The van der Waals surface area contributed by atoms with E-state index in [0.29, 0.717) is 18.8 Å². The Morgan fingerprint density at radius 3 is 2.75 bits per heavy atom. The summed E-state index contributed by atoms with van der Waals surface area (Å²) in [5.74, 6) is 0.504.